The minimum atomic E-state index is -0.250. The van der Waals surface area contributed by atoms with Crippen molar-refractivity contribution in [2.24, 2.45) is 0 Å². The van der Waals surface area contributed by atoms with E-state index in [0.29, 0.717) is 0 Å². The van der Waals surface area contributed by atoms with Gasteiger partial charge in [-0.05, 0) is 0 Å². The molecule has 0 aromatic heterocycles. The molecular formula is C3H8FV-. The average molecular weight is 115 g/mol. The molecule has 0 amide bonds. The quantitative estimate of drug-likeness (QED) is 0.422. The van der Waals surface area contributed by atoms with Gasteiger partial charge in [-0.2, -0.15) is 8.52 Å². The largest absolute Gasteiger partial charge is 0.463 e. The maximum atomic E-state index is 9.83. The summed E-state index contributed by atoms with van der Waals surface area (Å²) in [5, 5.41) is 0. The van der Waals surface area contributed by atoms with Crippen LogP contribution in [-0.4, -0.2) is 0 Å². The Morgan fingerprint density at radius 2 is 1.80 bits per heavy atom. The van der Waals surface area contributed by atoms with Gasteiger partial charge >= 0.3 is 0 Å². The normalized spacial score (nSPS) is 5.00. The molecule has 0 aliphatic carbocycles. The van der Waals surface area contributed by atoms with Gasteiger partial charge in [-0.3, -0.25) is 0 Å². The zero-order valence-corrected chi connectivity index (χ0v) is 4.80. The van der Waals surface area contributed by atoms with Gasteiger partial charge in [0.05, 0.1) is 0 Å². The van der Waals surface area contributed by atoms with Crippen molar-refractivity contribution in [2.45, 2.75) is 13.8 Å². The summed E-state index contributed by atoms with van der Waals surface area (Å²) in [6.45, 7) is 4.00. The van der Waals surface area contributed by atoms with E-state index in [0.717, 1.165) is 0 Å². The second-order valence-electron chi connectivity index (χ2n) is 0. The molecule has 0 unspecified atom stereocenters. The predicted molar refractivity (Wildman–Crippen MR) is 17.8 cm³/mol. The van der Waals surface area contributed by atoms with E-state index >= 15 is 0 Å². The van der Waals surface area contributed by atoms with Crippen molar-refractivity contribution in [1.29, 1.82) is 0 Å². The van der Waals surface area contributed by atoms with Crippen LogP contribution in [-0.2, 0) is 18.6 Å². The molecule has 0 aromatic carbocycles. The third-order valence-electron chi connectivity index (χ3n) is 0. The second kappa shape index (κ2) is 211. The summed E-state index contributed by atoms with van der Waals surface area (Å²) < 4.78 is 15.2. The number of rotatable bonds is 0. The van der Waals surface area contributed by atoms with Gasteiger partial charge in [0.2, 0.25) is 0 Å². The van der Waals surface area contributed by atoms with E-state index in [9.17, 15) is 4.39 Å². The standard InChI is InChI=1S/C2H6.CH2F.V/c2*1-2;/h1-2H3;1H2;/q;-1;/i;1D;. The van der Waals surface area contributed by atoms with Crippen molar-refractivity contribution in [1.82, 2.24) is 0 Å². The third kappa shape index (κ3) is 108. The Labute approximate surface area is 46.1 Å². The SMILES string of the molecule is CC.[2H][CH-]F.[V]. The fourth-order valence-corrected chi connectivity index (χ4v) is 0. The third-order valence-corrected chi connectivity index (χ3v) is 0. The average Bonchev–Trinajstić information content (AvgIpc) is 1.46. The van der Waals surface area contributed by atoms with E-state index < -0.39 is 0 Å². The van der Waals surface area contributed by atoms with Crippen LogP contribution in [0, 0.1) is 7.15 Å². The van der Waals surface area contributed by atoms with Gasteiger partial charge in [-0.1, -0.05) is 13.8 Å². The molecule has 5 heavy (non-hydrogen) atoms. The van der Waals surface area contributed by atoms with Gasteiger partial charge in [0.25, 0.3) is 0 Å². The Bertz CT molecular complexity index is 10.8. The molecule has 2 heteroatoms. The van der Waals surface area contributed by atoms with Crippen molar-refractivity contribution in [3.8, 4) is 0 Å². The van der Waals surface area contributed by atoms with E-state index in [1.54, 1.807) is 0 Å². The maximum Gasteiger partial charge on any atom is 0 e. The fraction of sp³-hybridized carbons (Fsp3) is 0.667. The Kier molecular flexibility index (Phi) is 383. The van der Waals surface area contributed by atoms with Crippen LogP contribution in [0.5, 0.6) is 0 Å². The molecule has 0 bridgehead atoms. The van der Waals surface area contributed by atoms with Crippen molar-refractivity contribution < 1.29 is 24.3 Å². The fourth-order valence-electron chi connectivity index (χ4n) is 0. The predicted octanol–water partition coefficient (Wildman–Crippen LogP) is 1.77. The summed E-state index contributed by atoms with van der Waals surface area (Å²) in [7, 11) is -0.250. The molecule has 0 fully saturated rings. The van der Waals surface area contributed by atoms with Gasteiger partial charge in [-0.25, -0.2) is 0 Å². The van der Waals surface area contributed by atoms with Crippen molar-refractivity contribution in [3.05, 3.63) is 7.15 Å². The van der Waals surface area contributed by atoms with Gasteiger partial charge in [0, 0.05) is 18.6 Å². The molecule has 0 nitrogen and oxygen atoms in total. The zero-order valence-electron chi connectivity index (χ0n) is 4.40. The Balaban J connectivity index is -0.0000000275. The summed E-state index contributed by atoms with van der Waals surface area (Å²) in [4.78, 5) is 0. The smallest absolute Gasteiger partial charge is 0 e. The first-order chi connectivity index (χ1) is 2.41. The molecule has 0 N–H and O–H groups in total. The van der Waals surface area contributed by atoms with Crippen molar-refractivity contribution in [2.75, 3.05) is 0 Å². The minimum absolute atomic E-state index is 0. The molecule has 33 valence electrons. The second-order valence-corrected chi connectivity index (χ2v) is 0. The molecule has 0 aliphatic heterocycles. The summed E-state index contributed by atoms with van der Waals surface area (Å²) in [5.74, 6) is 0. The van der Waals surface area contributed by atoms with Crippen LogP contribution in [0.2, 0.25) is 0 Å². The van der Waals surface area contributed by atoms with Crippen LogP contribution in [0.25, 0.3) is 0 Å². The first-order valence-electron chi connectivity index (χ1n) is 1.80. The van der Waals surface area contributed by atoms with Gasteiger partial charge in [-0.15, -0.1) is 0 Å². The summed E-state index contributed by atoms with van der Waals surface area (Å²) in [6.07, 6.45) is 0. The minimum Gasteiger partial charge on any atom is -0.463 e. The first kappa shape index (κ1) is 9.10. The molecule has 0 rings (SSSR count). The van der Waals surface area contributed by atoms with E-state index in [-0.39, 0.29) is 25.7 Å². The van der Waals surface area contributed by atoms with Crippen LogP contribution < -0.4 is 0 Å². The first-order valence-corrected chi connectivity index (χ1v) is 1.22. The van der Waals surface area contributed by atoms with Crippen LogP contribution in [0.1, 0.15) is 15.2 Å². The molecule has 0 atom stereocenters. The molecule has 1 radical (unpaired) electrons. The Morgan fingerprint density at radius 1 is 1.80 bits per heavy atom. The van der Waals surface area contributed by atoms with E-state index in [1.807, 2.05) is 13.8 Å². The molecule has 0 saturated heterocycles. The molecule has 0 aromatic rings. The number of halogens is 1. The molecule has 0 spiro atoms. The van der Waals surface area contributed by atoms with E-state index in [4.69, 9.17) is 1.37 Å². The molecular weight excluding hydrogens is 106 g/mol. The summed E-state index contributed by atoms with van der Waals surface area (Å²) >= 11 is 0. The summed E-state index contributed by atoms with van der Waals surface area (Å²) in [6, 6.07) is 0. The molecule has 0 heterocycles. The van der Waals surface area contributed by atoms with E-state index in [1.165, 1.54) is 0 Å². The monoisotopic (exact) mass is 115 g/mol. The molecule has 0 aliphatic rings. The maximum absolute atomic E-state index is 9.83. The van der Waals surface area contributed by atoms with Gasteiger partial charge < -0.3 is 4.39 Å². The van der Waals surface area contributed by atoms with Crippen molar-refractivity contribution in [3.63, 3.8) is 0 Å². The van der Waals surface area contributed by atoms with Crippen molar-refractivity contribution >= 4 is 0 Å². The van der Waals surface area contributed by atoms with Crippen LogP contribution in [0.3, 0.4) is 0 Å². The topological polar surface area (TPSA) is 0 Å². The van der Waals surface area contributed by atoms with Gasteiger partial charge in [0.15, 0.2) is 0 Å². The number of hydrogen-bond donors (Lipinski definition) is 0. The van der Waals surface area contributed by atoms with E-state index in [2.05, 4.69) is 0 Å². The number of hydrogen-bond acceptors (Lipinski definition) is 0. The van der Waals surface area contributed by atoms with Crippen LogP contribution >= 0.6 is 0 Å². The van der Waals surface area contributed by atoms with Crippen LogP contribution in [0.15, 0.2) is 0 Å². The zero-order chi connectivity index (χ0) is 4.71. The van der Waals surface area contributed by atoms with Gasteiger partial charge in [0.1, 0.15) is 0 Å². The Hall–Kier alpha value is 0.514. The Morgan fingerprint density at radius 3 is 1.80 bits per heavy atom. The summed E-state index contributed by atoms with van der Waals surface area (Å²) in [5.41, 5.74) is 0. The molecule has 0 saturated carbocycles. The van der Waals surface area contributed by atoms with Crippen LogP contribution in [0.4, 0.5) is 4.39 Å².